The minimum absolute atomic E-state index is 0.169. The molecule has 0 aliphatic heterocycles. The SMILES string of the molecule is COc1cc(NCc2ccc(C)o2)nc(N)n1. The largest absolute Gasteiger partial charge is 0.481 e. The van der Waals surface area contributed by atoms with Gasteiger partial charge in [0.1, 0.15) is 17.3 Å². The number of rotatable bonds is 4. The first-order chi connectivity index (χ1) is 8.17. The predicted molar refractivity (Wildman–Crippen MR) is 63.8 cm³/mol. The van der Waals surface area contributed by atoms with Gasteiger partial charge in [-0.3, -0.25) is 0 Å². The molecule has 2 rings (SSSR count). The molecule has 3 N–H and O–H groups in total. The maximum atomic E-state index is 5.54. The smallest absolute Gasteiger partial charge is 0.225 e. The lowest BCUT2D eigenvalue weighted by Crippen LogP contribution is -2.04. The Morgan fingerprint density at radius 2 is 2.24 bits per heavy atom. The fourth-order valence-electron chi connectivity index (χ4n) is 1.40. The van der Waals surface area contributed by atoms with Crippen molar-refractivity contribution in [3.63, 3.8) is 0 Å². The van der Waals surface area contributed by atoms with Crippen molar-refractivity contribution in [1.29, 1.82) is 0 Å². The second kappa shape index (κ2) is 4.73. The summed E-state index contributed by atoms with van der Waals surface area (Å²) >= 11 is 0. The molecule has 2 heterocycles. The quantitative estimate of drug-likeness (QED) is 0.835. The molecule has 0 aliphatic carbocycles. The molecular weight excluding hydrogens is 220 g/mol. The Hall–Kier alpha value is -2.24. The number of aromatic nitrogens is 2. The first kappa shape index (κ1) is 11.3. The van der Waals surface area contributed by atoms with Crippen molar-refractivity contribution < 1.29 is 9.15 Å². The fraction of sp³-hybridized carbons (Fsp3) is 0.273. The van der Waals surface area contributed by atoms with E-state index in [1.807, 2.05) is 19.1 Å². The highest BCUT2D eigenvalue weighted by Crippen LogP contribution is 2.15. The Labute approximate surface area is 98.8 Å². The van der Waals surface area contributed by atoms with Gasteiger partial charge in [0.2, 0.25) is 11.8 Å². The third kappa shape index (κ3) is 2.87. The van der Waals surface area contributed by atoms with E-state index < -0.39 is 0 Å². The van der Waals surface area contributed by atoms with Gasteiger partial charge in [-0.2, -0.15) is 9.97 Å². The maximum absolute atomic E-state index is 5.54. The summed E-state index contributed by atoms with van der Waals surface area (Å²) in [5.74, 6) is 2.90. The molecule has 6 heteroatoms. The van der Waals surface area contributed by atoms with Gasteiger partial charge in [0.05, 0.1) is 13.7 Å². The van der Waals surface area contributed by atoms with Crippen LogP contribution in [-0.4, -0.2) is 17.1 Å². The van der Waals surface area contributed by atoms with Crippen LogP contribution in [0.25, 0.3) is 0 Å². The van der Waals surface area contributed by atoms with Gasteiger partial charge < -0.3 is 20.2 Å². The Kier molecular flexibility index (Phi) is 3.13. The second-order valence-corrected chi connectivity index (χ2v) is 3.52. The Morgan fingerprint density at radius 1 is 1.41 bits per heavy atom. The van der Waals surface area contributed by atoms with Gasteiger partial charge in [-0.25, -0.2) is 0 Å². The number of nitrogens with zero attached hydrogens (tertiary/aromatic N) is 2. The second-order valence-electron chi connectivity index (χ2n) is 3.52. The third-order valence-electron chi connectivity index (χ3n) is 2.17. The molecule has 0 saturated carbocycles. The van der Waals surface area contributed by atoms with Crippen molar-refractivity contribution in [3.8, 4) is 5.88 Å². The van der Waals surface area contributed by atoms with Crippen LogP contribution in [0.1, 0.15) is 11.5 Å². The summed E-state index contributed by atoms with van der Waals surface area (Å²) in [6.45, 7) is 2.43. The summed E-state index contributed by atoms with van der Waals surface area (Å²) in [6, 6.07) is 5.49. The number of methoxy groups -OCH3 is 1. The van der Waals surface area contributed by atoms with Crippen molar-refractivity contribution in [3.05, 3.63) is 29.7 Å². The normalized spacial score (nSPS) is 10.2. The number of nitrogens with one attached hydrogen (secondary N) is 1. The van der Waals surface area contributed by atoms with E-state index in [0.717, 1.165) is 11.5 Å². The molecule has 0 spiro atoms. The fourth-order valence-corrected chi connectivity index (χ4v) is 1.40. The zero-order valence-electron chi connectivity index (χ0n) is 9.73. The van der Waals surface area contributed by atoms with E-state index >= 15 is 0 Å². The van der Waals surface area contributed by atoms with E-state index in [9.17, 15) is 0 Å². The third-order valence-corrected chi connectivity index (χ3v) is 2.17. The first-order valence-electron chi connectivity index (χ1n) is 5.15. The van der Waals surface area contributed by atoms with Crippen LogP contribution < -0.4 is 15.8 Å². The molecule has 0 fully saturated rings. The van der Waals surface area contributed by atoms with Crippen molar-refractivity contribution in [2.75, 3.05) is 18.2 Å². The van der Waals surface area contributed by atoms with Gasteiger partial charge >= 0.3 is 0 Å². The number of hydrogen-bond donors (Lipinski definition) is 2. The van der Waals surface area contributed by atoms with Gasteiger partial charge in [-0.1, -0.05) is 0 Å². The summed E-state index contributed by atoms with van der Waals surface area (Å²) in [5, 5.41) is 3.08. The average molecular weight is 234 g/mol. The highest BCUT2D eigenvalue weighted by atomic mass is 16.5. The van der Waals surface area contributed by atoms with Gasteiger partial charge in [-0.15, -0.1) is 0 Å². The molecule has 2 aromatic heterocycles. The summed E-state index contributed by atoms with van der Waals surface area (Å²) in [4.78, 5) is 7.93. The Bertz CT molecular complexity index is 510. The lowest BCUT2D eigenvalue weighted by atomic mass is 10.4. The molecule has 0 aromatic carbocycles. The van der Waals surface area contributed by atoms with Gasteiger partial charge in [0.25, 0.3) is 0 Å². The molecule has 0 radical (unpaired) electrons. The molecule has 17 heavy (non-hydrogen) atoms. The molecule has 0 amide bonds. The topological polar surface area (TPSA) is 86.2 Å². The van der Waals surface area contributed by atoms with E-state index in [1.165, 1.54) is 7.11 Å². The summed E-state index contributed by atoms with van der Waals surface area (Å²) in [5.41, 5.74) is 5.54. The van der Waals surface area contributed by atoms with E-state index in [0.29, 0.717) is 18.2 Å². The van der Waals surface area contributed by atoms with Crippen LogP contribution in [0.2, 0.25) is 0 Å². The Balaban J connectivity index is 2.05. The first-order valence-corrected chi connectivity index (χ1v) is 5.15. The minimum atomic E-state index is 0.169. The number of hydrogen-bond acceptors (Lipinski definition) is 6. The summed E-state index contributed by atoms with van der Waals surface area (Å²) < 4.78 is 10.4. The van der Waals surface area contributed by atoms with Crippen LogP contribution in [0, 0.1) is 6.92 Å². The van der Waals surface area contributed by atoms with Crippen LogP contribution in [0.3, 0.4) is 0 Å². The van der Waals surface area contributed by atoms with Gasteiger partial charge in [0.15, 0.2) is 0 Å². The van der Waals surface area contributed by atoms with Crippen LogP contribution in [0.5, 0.6) is 5.88 Å². The number of nitrogens with two attached hydrogens (primary N) is 1. The zero-order valence-corrected chi connectivity index (χ0v) is 9.73. The van der Waals surface area contributed by atoms with E-state index in [2.05, 4.69) is 15.3 Å². The minimum Gasteiger partial charge on any atom is -0.481 e. The van der Waals surface area contributed by atoms with Crippen LogP contribution in [0.4, 0.5) is 11.8 Å². The molecule has 0 bridgehead atoms. The monoisotopic (exact) mass is 234 g/mol. The molecule has 2 aromatic rings. The lowest BCUT2D eigenvalue weighted by molar-refractivity contribution is 0.398. The van der Waals surface area contributed by atoms with Crippen LogP contribution in [-0.2, 0) is 6.54 Å². The van der Waals surface area contributed by atoms with Crippen LogP contribution in [0.15, 0.2) is 22.6 Å². The highest BCUT2D eigenvalue weighted by Gasteiger charge is 2.03. The molecule has 90 valence electrons. The van der Waals surface area contributed by atoms with E-state index in [1.54, 1.807) is 6.07 Å². The number of anilines is 2. The molecule has 0 atom stereocenters. The summed E-state index contributed by atoms with van der Waals surface area (Å²) in [7, 11) is 1.53. The van der Waals surface area contributed by atoms with E-state index in [4.69, 9.17) is 14.9 Å². The summed E-state index contributed by atoms with van der Waals surface area (Å²) in [6.07, 6.45) is 0. The zero-order chi connectivity index (χ0) is 12.3. The molecule has 0 saturated heterocycles. The lowest BCUT2D eigenvalue weighted by Gasteiger charge is -2.06. The number of furan rings is 1. The molecule has 6 nitrogen and oxygen atoms in total. The van der Waals surface area contributed by atoms with Crippen molar-refractivity contribution in [1.82, 2.24) is 9.97 Å². The van der Waals surface area contributed by atoms with Gasteiger partial charge in [-0.05, 0) is 19.1 Å². The number of aryl methyl sites for hydroxylation is 1. The number of ether oxygens (including phenoxy) is 1. The molecular formula is C11H14N4O2. The van der Waals surface area contributed by atoms with Crippen LogP contribution >= 0.6 is 0 Å². The maximum Gasteiger partial charge on any atom is 0.225 e. The van der Waals surface area contributed by atoms with Crippen molar-refractivity contribution in [2.24, 2.45) is 0 Å². The standard InChI is InChI=1S/C11H14N4O2/c1-7-3-4-8(17-7)6-13-9-5-10(16-2)15-11(12)14-9/h3-5H,6H2,1-2H3,(H3,12,13,14,15). The van der Waals surface area contributed by atoms with Crippen molar-refractivity contribution in [2.45, 2.75) is 13.5 Å². The predicted octanol–water partition coefficient (Wildman–Crippen LogP) is 1.58. The highest BCUT2D eigenvalue weighted by molar-refractivity contribution is 5.42. The molecule has 0 unspecified atom stereocenters. The van der Waals surface area contributed by atoms with Crippen molar-refractivity contribution >= 4 is 11.8 Å². The van der Waals surface area contributed by atoms with Gasteiger partial charge in [0, 0.05) is 6.07 Å². The average Bonchev–Trinajstić information content (AvgIpc) is 2.72. The number of nitrogen functional groups attached to an aromatic ring is 1. The Morgan fingerprint density at radius 3 is 2.88 bits per heavy atom. The van der Waals surface area contributed by atoms with E-state index in [-0.39, 0.29) is 5.95 Å². The molecule has 0 aliphatic rings.